The third-order valence-electron chi connectivity index (χ3n) is 5.31. The lowest BCUT2D eigenvalue weighted by molar-refractivity contribution is 0.171. The van der Waals surface area contributed by atoms with Crippen LogP contribution in [0.5, 0.6) is 17.2 Å². The maximum atomic E-state index is 5.59. The standard InChI is InChI=1S/C23H21N3O3/c1-13-7-5-6-8-18(13)26-23-21(15(3)25-26)14(2)9-17(24-23)16-10-19(27-4)22-20(11-16)28-12-29-22/h5-11H,12H2,1-4H3. The predicted octanol–water partition coefficient (Wildman–Crippen LogP) is 4.75. The average molecular weight is 387 g/mol. The molecule has 0 fully saturated rings. The number of hydrogen-bond donors (Lipinski definition) is 0. The van der Waals surface area contributed by atoms with E-state index in [0.717, 1.165) is 44.8 Å². The largest absolute Gasteiger partial charge is 0.493 e. The molecule has 0 amide bonds. The molecule has 4 aromatic rings. The van der Waals surface area contributed by atoms with Crippen molar-refractivity contribution in [1.82, 2.24) is 14.8 Å². The summed E-state index contributed by atoms with van der Waals surface area (Å²) in [7, 11) is 1.62. The van der Waals surface area contributed by atoms with Crippen molar-refractivity contribution in [3.8, 4) is 34.2 Å². The van der Waals surface area contributed by atoms with Crippen LogP contribution in [0.15, 0.2) is 42.5 Å². The molecule has 0 N–H and O–H groups in total. The molecule has 0 bridgehead atoms. The van der Waals surface area contributed by atoms with Crippen LogP contribution in [0.2, 0.25) is 0 Å². The van der Waals surface area contributed by atoms with Crippen LogP contribution in [0.3, 0.4) is 0 Å². The van der Waals surface area contributed by atoms with Crippen molar-refractivity contribution >= 4 is 11.0 Å². The minimum Gasteiger partial charge on any atom is -0.493 e. The minimum absolute atomic E-state index is 0.194. The summed E-state index contributed by atoms with van der Waals surface area (Å²) in [6.07, 6.45) is 0. The van der Waals surface area contributed by atoms with E-state index in [1.54, 1.807) is 7.11 Å². The highest BCUT2D eigenvalue weighted by atomic mass is 16.7. The van der Waals surface area contributed by atoms with Crippen LogP contribution in [-0.2, 0) is 0 Å². The van der Waals surface area contributed by atoms with E-state index in [4.69, 9.17) is 24.3 Å². The van der Waals surface area contributed by atoms with Crippen LogP contribution in [0.25, 0.3) is 28.0 Å². The average Bonchev–Trinajstić information content (AvgIpc) is 3.32. The molecule has 6 heteroatoms. The van der Waals surface area contributed by atoms with Crippen molar-refractivity contribution in [2.24, 2.45) is 0 Å². The number of ether oxygens (including phenoxy) is 3. The zero-order valence-corrected chi connectivity index (χ0v) is 16.8. The van der Waals surface area contributed by atoms with Crippen molar-refractivity contribution in [2.75, 3.05) is 13.9 Å². The molecule has 0 spiro atoms. The van der Waals surface area contributed by atoms with Gasteiger partial charge in [-0.2, -0.15) is 5.10 Å². The van der Waals surface area contributed by atoms with Crippen LogP contribution in [-0.4, -0.2) is 28.7 Å². The number of aryl methyl sites for hydroxylation is 3. The van der Waals surface area contributed by atoms with E-state index in [9.17, 15) is 0 Å². The number of aromatic nitrogens is 3. The first kappa shape index (κ1) is 17.6. The Hall–Kier alpha value is -3.54. The molecule has 1 aliphatic rings. The second kappa shape index (κ2) is 6.51. The third-order valence-corrected chi connectivity index (χ3v) is 5.31. The molecule has 3 heterocycles. The van der Waals surface area contributed by atoms with Gasteiger partial charge in [0.05, 0.1) is 24.2 Å². The molecule has 0 aliphatic carbocycles. The van der Waals surface area contributed by atoms with Gasteiger partial charge in [0, 0.05) is 10.9 Å². The van der Waals surface area contributed by atoms with Crippen molar-refractivity contribution < 1.29 is 14.2 Å². The van der Waals surface area contributed by atoms with Crippen LogP contribution in [0, 0.1) is 20.8 Å². The number of methoxy groups -OCH3 is 1. The molecule has 0 atom stereocenters. The van der Waals surface area contributed by atoms with E-state index in [-0.39, 0.29) is 6.79 Å². The molecule has 0 saturated heterocycles. The summed E-state index contributed by atoms with van der Waals surface area (Å²) >= 11 is 0. The number of pyridine rings is 1. The number of benzene rings is 2. The molecule has 146 valence electrons. The molecule has 0 radical (unpaired) electrons. The lowest BCUT2D eigenvalue weighted by Crippen LogP contribution is -2.01. The zero-order valence-electron chi connectivity index (χ0n) is 16.8. The normalized spacial score (nSPS) is 12.6. The van der Waals surface area contributed by atoms with Gasteiger partial charge in [-0.15, -0.1) is 0 Å². The van der Waals surface area contributed by atoms with Crippen molar-refractivity contribution in [3.63, 3.8) is 0 Å². The monoisotopic (exact) mass is 387 g/mol. The Bertz CT molecular complexity index is 1260. The van der Waals surface area contributed by atoms with Gasteiger partial charge in [0.1, 0.15) is 0 Å². The number of nitrogens with zero attached hydrogens (tertiary/aromatic N) is 3. The van der Waals surface area contributed by atoms with Crippen LogP contribution in [0.4, 0.5) is 0 Å². The quantitative estimate of drug-likeness (QED) is 0.508. The highest BCUT2D eigenvalue weighted by molar-refractivity contribution is 5.86. The molecule has 2 aromatic carbocycles. The summed E-state index contributed by atoms with van der Waals surface area (Å²) in [6, 6.07) is 14.1. The Labute approximate surface area is 168 Å². The Balaban J connectivity index is 1.75. The number of hydrogen-bond acceptors (Lipinski definition) is 5. The van der Waals surface area contributed by atoms with Gasteiger partial charge in [-0.3, -0.25) is 0 Å². The highest BCUT2D eigenvalue weighted by Crippen LogP contribution is 2.44. The first-order valence-electron chi connectivity index (χ1n) is 9.48. The minimum atomic E-state index is 0.194. The molecular formula is C23H21N3O3. The fraction of sp³-hybridized carbons (Fsp3) is 0.217. The maximum absolute atomic E-state index is 5.59. The summed E-state index contributed by atoms with van der Waals surface area (Å²) in [5.74, 6) is 1.94. The fourth-order valence-corrected chi connectivity index (χ4v) is 3.90. The van der Waals surface area contributed by atoms with Crippen LogP contribution < -0.4 is 14.2 Å². The highest BCUT2D eigenvalue weighted by Gasteiger charge is 2.22. The molecule has 6 nitrogen and oxygen atoms in total. The topological polar surface area (TPSA) is 58.4 Å². The third kappa shape index (κ3) is 2.71. The van der Waals surface area contributed by atoms with Gasteiger partial charge < -0.3 is 14.2 Å². The summed E-state index contributed by atoms with van der Waals surface area (Å²) in [4.78, 5) is 4.99. The van der Waals surface area contributed by atoms with E-state index in [1.165, 1.54) is 0 Å². The maximum Gasteiger partial charge on any atom is 0.231 e. The van der Waals surface area contributed by atoms with Gasteiger partial charge in [-0.1, -0.05) is 18.2 Å². The van der Waals surface area contributed by atoms with Crippen molar-refractivity contribution in [1.29, 1.82) is 0 Å². The van der Waals surface area contributed by atoms with Crippen LogP contribution in [0.1, 0.15) is 16.8 Å². The molecular weight excluding hydrogens is 366 g/mol. The van der Waals surface area contributed by atoms with E-state index < -0.39 is 0 Å². The molecule has 2 aromatic heterocycles. The lowest BCUT2D eigenvalue weighted by Gasteiger charge is -2.11. The second-order valence-electron chi connectivity index (χ2n) is 7.22. The fourth-order valence-electron chi connectivity index (χ4n) is 3.90. The van der Waals surface area contributed by atoms with Crippen LogP contribution >= 0.6 is 0 Å². The summed E-state index contributed by atoms with van der Waals surface area (Å²) in [5.41, 5.74) is 6.84. The van der Waals surface area contributed by atoms with Gasteiger partial charge in [0.2, 0.25) is 12.5 Å². The van der Waals surface area contributed by atoms with E-state index in [2.05, 4.69) is 32.0 Å². The Morgan fingerprint density at radius 2 is 1.83 bits per heavy atom. The summed E-state index contributed by atoms with van der Waals surface area (Å²) in [6.45, 7) is 6.39. The number of para-hydroxylation sites is 1. The Kier molecular flexibility index (Phi) is 3.94. The first-order chi connectivity index (χ1) is 14.1. The lowest BCUT2D eigenvalue weighted by atomic mass is 10.1. The molecule has 0 unspecified atom stereocenters. The first-order valence-corrected chi connectivity index (χ1v) is 9.48. The van der Waals surface area contributed by atoms with Gasteiger partial charge >= 0.3 is 0 Å². The van der Waals surface area contributed by atoms with Crippen molar-refractivity contribution in [2.45, 2.75) is 20.8 Å². The summed E-state index contributed by atoms with van der Waals surface area (Å²) < 4.78 is 18.5. The van der Waals surface area contributed by atoms with E-state index >= 15 is 0 Å². The number of rotatable bonds is 3. The zero-order chi connectivity index (χ0) is 20.1. The predicted molar refractivity (Wildman–Crippen MR) is 111 cm³/mol. The van der Waals surface area contributed by atoms with Gasteiger partial charge in [-0.25, -0.2) is 9.67 Å². The molecule has 1 aliphatic heterocycles. The Morgan fingerprint density at radius 3 is 2.62 bits per heavy atom. The van der Waals surface area contributed by atoms with Crippen molar-refractivity contribution in [3.05, 3.63) is 59.3 Å². The van der Waals surface area contributed by atoms with Gasteiger partial charge in [0.15, 0.2) is 17.1 Å². The van der Waals surface area contributed by atoms with E-state index in [1.807, 2.05) is 35.9 Å². The van der Waals surface area contributed by atoms with Gasteiger partial charge in [0.25, 0.3) is 0 Å². The second-order valence-corrected chi connectivity index (χ2v) is 7.22. The number of fused-ring (bicyclic) bond motifs is 2. The Morgan fingerprint density at radius 1 is 1.00 bits per heavy atom. The molecule has 29 heavy (non-hydrogen) atoms. The molecule has 5 rings (SSSR count). The van der Waals surface area contributed by atoms with Gasteiger partial charge in [-0.05, 0) is 56.2 Å². The van der Waals surface area contributed by atoms with E-state index in [0.29, 0.717) is 17.2 Å². The summed E-state index contributed by atoms with van der Waals surface area (Å²) in [5, 5.41) is 5.87. The SMILES string of the molecule is COc1cc(-c2cc(C)c3c(C)nn(-c4ccccc4C)c3n2)cc2c1OCO2. The smallest absolute Gasteiger partial charge is 0.231 e. The molecule has 0 saturated carbocycles.